The Hall–Kier alpha value is -0.530. The molecule has 0 aromatic carbocycles. The van der Waals surface area contributed by atoms with Gasteiger partial charge < -0.3 is 4.90 Å². The zero-order valence-electron chi connectivity index (χ0n) is 12.4. The number of carbonyl (C=O) groups is 1. The lowest BCUT2D eigenvalue weighted by molar-refractivity contribution is -0.131. The second kappa shape index (κ2) is 9.41. The van der Waals surface area contributed by atoms with Gasteiger partial charge in [-0.2, -0.15) is 0 Å². The van der Waals surface area contributed by atoms with E-state index < -0.39 is 0 Å². The molecule has 0 spiro atoms. The summed E-state index contributed by atoms with van der Waals surface area (Å²) in [5, 5.41) is 0. The van der Waals surface area contributed by atoms with Crippen LogP contribution in [0.1, 0.15) is 78.1 Å². The smallest absolute Gasteiger partial charge is 0.222 e. The normalized spacial score (nSPS) is 16.8. The minimum Gasteiger partial charge on any atom is -0.343 e. The Bertz CT molecular complexity index is 215. The Kier molecular flexibility index (Phi) is 8.11. The maximum atomic E-state index is 12.1. The van der Waals surface area contributed by atoms with Crippen molar-refractivity contribution in [3.8, 4) is 0 Å². The van der Waals surface area contributed by atoms with Crippen LogP contribution >= 0.6 is 0 Å². The molecule has 0 unspecified atom stereocenters. The van der Waals surface area contributed by atoms with Crippen LogP contribution in [-0.4, -0.2) is 23.9 Å². The SMILES string of the molecule is CCCN(CCC)C(=O)CCCC1CCCCC1. The first kappa shape index (κ1) is 15.5. The first-order chi connectivity index (χ1) is 8.77. The van der Waals surface area contributed by atoms with Gasteiger partial charge in [0.2, 0.25) is 5.91 Å². The molecule has 1 amide bonds. The molecule has 1 saturated carbocycles. The van der Waals surface area contributed by atoms with E-state index in [1.807, 2.05) is 0 Å². The lowest BCUT2D eigenvalue weighted by atomic mass is 9.86. The number of amides is 1. The second-order valence-electron chi connectivity index (χ2n) is 5.78. The highest BCUT2D eigenvalue weighted by atomic mass is 16.2. The quantitative estimate of drug-likeness (QED) is 0.628. The summed E-state index contributed by atoms with van der Waals surface area (Å²) in [5.74, 6) is 1.30. The molecule has 1 aliphatic carbocycles. The molecule has 0 atom stereocenters. The number of hydrogen-bond acceptors (Lipinski definition) is 1. The van der Waals surface area contributed by atoms with Crippen LogP contribution < -0.4 is 0 Å². The number of nitrogens with zero attached hydrogens (tertiary/aromatic N) is 1. The molecule has 1 fully saturated rings. The fraction of sp³-hybridized carbons (Fsp3) is 0.938. The fourth-order valence-corrected chi connectivity index (χ4v) is 3.08. The zero-order chi connectivity index (χ0) is 13.2. The van der Waals surface area contributed by atoms with E-state index in [0.29, 0.717) is 5.91 Å². The topological polar surface area (TPSA) is 20.3 Å². The molecule has 1 aliphatic rings. The van der Waals surface area contributed by atoms with Crippen molar-refractivity contribution in [3.05, 3.63) is 0 Å². The molecule has 2 heteroatoms. The standard InChI is InChI=1S/C16H31NO/c1-3-13-17(14-4-2)16(18)12-8-11-15-9-6-5-7-10-15/h15H,3-14H2,1-2H3. The van der Waals surface area contributed by atoms with Crippen LogP contribution in [0, 0.1) is 5.92 Å². The van der Waals surface area contributed by atoms with Crippen molar-refractivity contribution in [2.75, 3.05) is 13.1 Å². The molecule has 2 nitrogen and oxygen atoms in total. The number of rotatable bonds is 8. The van der Waals surface area contributed by atoms with Gasteiger partial charge in [-0.15, -0.1) is 0 Å². The van der Waals surface area contributed by atoms with Crippen molar-refractivity contribution in [2.24, 2.45) is 5.92 Å². The molecule has 0 heterocycles. The summed E-state index contributed by atoms with van der Waals surface area (Å²) in [6.45, 7) is 6.18. The summed E-state index contributed by atoms with van der Waals surface area (Å²) in [6, 6.07) is 0. The Labute approximate surface area is 113 Å². The molecule has 0 aromatic rings. The second-order valence-corrected chi connectivity index (χ2v) is 5.78. The molecule has 0 bridgehead atoms. The Morgan fingerprint density at radius 3 is 2.22 bits per heavy atom. The molecule has 0 aromatic heterocycles. The van der Waals surface area contributed by atoms with Crippen molar-refractivity contribution in [1.29, 1.82) is 0 Å². The van der Waals surface area contributed by atoms with Gasteiger partial charge in [0.15, 0.2) is 0 Å². The van der Waals surface area contributed by atoms with Gasteiger partial charge >= 0.3 is 0 Å². The predicted octanol–water partition coefficient (Wildman–Crippen LogP) is 4.39. The molecule has 0 radical (unpaired) electrons. The molecule has 1 rings (SSSR count). The molecular weight excluding hydrogens is 222 g/mol. The molecule has 18 heavy (non-hydrogen) atoms. The van der Waals surface area contributed by atoms with E-state index >= 15 is 0 Å². The number of hydrogen-bond donors (Lipinski definition) is 0. The van der Waals surface area contributed by atoms with Crippen LogP contribution in [0.15, 0.2) is 0 Å². The summed E-state index contributed by atoms with van der Waals surface area (Å²) in [7, 11) is 0. The highest BCUT2D eigenvalue weighted by Gasteiger charge is 2.15. The van der Waals surface area contributed by atoms with Crippen LogP contribution in [0.4, 0.5) is 0 Å². The summed E-state index contributed by atoms with van der Waals surface area (Å²) < 4.78 is 0. The fourth-order valence-electron chi connectivity index (χ4n) is 3.08. The van der Waals surface area contributed by atoms with E-state index in [-0.39, 0.29) is 0 Å². The Morgan fingerprint density at radius 2 is 1.67 bits per heavy atom. The van der Waals surface area contributed by atoms with E-state index in [1.54, 1.807) is 0 Å². The monoisotopic (exact) mass is 253 g/mol. The maximum Gasteiger partial charge on any atom is 0.222 e. The predicted molar refractivity (Wildman–Crippen MR) is 77.6 cm³/mol. The first-order valence-corrected chi connectivity index (χ1v) is 8.05. The van der Waals surface area contributed by atoms with Gasteiger partial charge in [0.1, 0.15) is 0 Å². The third-order valence-electron chi connectivity index (χ3n) is 4.07. The van der Waals surface area contributed by atoms with E-state index in [9.17, 15) is 4.79 Å². The zero-order valence-corrected chi connectivity index (χ0v) is 12.4. The largest absolute Gasteiger partial charge is 0.343 e. The number of carbonyl (C=O) groups excluding carboxylic acids is 1. The Morgan fingerprint density at radius 1 is 1.06 bits per heavy atom. The third kappa shape index (κ3) is 5.88. The van der Waals surface area contributed by atoms with Crippen LogP contribution in [0.2, 0.25) is 0 Å². The van der Waals surface area contributed by atoms with Crippen molar-refractivity contribution in [3.63, 3.8) is 0 Å². The lowest BCUT2D eigenvalue weighted by Gasteiger charge is -2.23. The summed E-state index contributed by atoms with van der Waals surface area (Å²) in [5.41, 5.74) is 0. The minimum absolute atomic E-state index is 0.384. The summed E-state index contributed by atoms with van der Waals surface area (Å²) in [4.78, 5) is 14.1. The van der Waals surface area contributed by atoms with E-state index in [0.717, 1.165) is 44.7 Å². The van der Waals surface area contributed by atoms with Crippen LogP contribution in [0.5, 0.6) is 0 Å². The average Bonchev–Trinajstić information content (AvgIpc) is 2.39. The van der Waals surface area contributed by atoms with Crippen LogP contribution in [0.3, 0.4) is 0 Å². The van der Waals surface area contributed by atoms with Crippen molar-refractivity contribution in [2.45, 2.75) is 78.1 Å². The lowest BCUT2D eigenvalue weighted by Crippen LogP contribution is -2.32. The van der Waals surface area contributed by atoms with Gasteiger partial charge in [0, 0.05) is 19.5 Å². The van der Waals surface area contributed by atoms with Gasteiger partial charge in [-0.1, -0.05) is 46.0 Å². The van der Waals surface area contributed by atoms with Crippen LogP contribution in [-0.2, 0) is 4.79 Å². The molecular formula is C16H31NO. The van der Waals surface area contributed by atoms with Crippen molar-refractivity contribution >= 4 is 5.91 Å². The molecule has 106 valence electrons. The van der Waals surface area contributed by atoms with E-state index in [2.05, 4.69) is 18.7 Å². The maximum absolute atomic E-state index is 12.1. The van der Waals surface area contributed by atoms with Gasteiger partial charge in [-0.3, -0.25) is 4.79 Å². The highest BCUT2D eigenvalue weighted by molar-refractivity contribution is 5.76. The minimum atomic E-state index is 0.384. The molecule has 0 aliphatic heterocycles. The first-order valence-electron chi connectivity index (χ1n) is 8.05. The average molecular weight is 253 g/mol. The Balaban J connectivity index is 2.17. The van der Waals surface area contributed by atoms with Gasteiger partial charge in [-0.25, -0.2) is 0 Å². The van der Waals surface area contributed by atoms with Crippen LogP contribution in [0.25, 0.3) is 0 Å². The van der Waals surface area contributed by atoms with Crippen molar-refractivity contribution in [1.82, 2.24) is 4.90 Å². The molecule has 0 saturated heterocycles. The van der Waals surface area contributed by atoms with E-state index in [4.69, 9.17) is 0 Å². The van der Waals surface area contributed by atoms with Gasteiger partial charge in [0.05, 0.1) is 0 Å². The highest BCUT2D eigenvalue weighted by Crippen LogP contribution is 2.27. The van der Waals surface area contributed by atoms with Crippen molar-refractivity contribution < 1.29 is 4.79 Å². The summed E-state index contributed by atoms with van der Waals surface area (Å²) in [6.07, 6.45) is 12.4. The van der Waals surface area contributed by atoms with Gasteiger partial charge in [0.25, 0.3) is 0 Å². The van der Waals surface area contributed by atoms with Gasteiger partial charge in [-0.05, 0) is 31.6 Å². The third-order valence-corrected chi connectivity index (χ3v) is 4.07. The summed E-state index contributed by atoms with van der Waals surface area (Å²) >= 11 is 0. The molecule has 0 N–H and O–H groups in total. The van der Waals surface area contributed by atoms with E-state index in [1.165, 1.54) is 38.5 Å².